The van der Waals surface area contributed by atoms with E-state index in [1.807, 2.05) is 6.92 Å². The second-order valence-electron chi connectivity index (χ2n) is 3.76. The van der Waals surface area contributed by atoms with Crippen LogP contribution in [0.1, 0.15) is 32.6 Å². The minimum atomic E-state index is -0.218. The van der Waals surface area contributed by atoms with Crippen LogP contribution in [0.15, 0.2) is 0 Å². The average Bonchev–Trinajstić information content (AvgIpc) is 2.52. The van der Waals surface area contributed by atoms with Crippen molar-refractivity contribution in [1.29, 1.82) is 0 Å². The number of hydrogen-bond acceptors (Lipinski definition) is 3. The van der Waals surface area contributed by atoms with Crippen LogP contribution in [0.2, 0.25) is 0 Å². The van der Waals surface area contributed by atoms with E-state index in [1.54, 1.807) is 0 Å². The predicted molar refractivity (Wildman–Crippen MR) is 54.9 cm³/mol. The highest BCUT2D eigenvalue weighted by Gasteiger charge is 2.24. The van der Waals surface area contributed by atoms with Gasteiger partial charge >= 0.3 is 0 Å². The molecule has 82 valence electrons. The van der Waals surface area contributed by atoms with Gasteiger partial charge in [-0.15, -0.1) is 0 Å². The summed E-state index contributed by atoms with van der Waals surface area (Å²) in [5.41, 5.74) is 0. The second kappa shape index (κ2) is 5.98. The molecule has 0 saturated heterocycles. The molecule has 0 aromatic carbocycles. The second-order valence-corrected chi connectivity index (χ2v) is 3.76. The number of aliphatic hydroxyl groups is 1. The molecule has 1 aliphatic carbocycles. The fraction of sp³-hybridized carbons (Fsp3) is 0.900. The van der Waals surface area contributed by atoms with Gasteiger partial charge in [-0.2, -0.15) is 0 Å². The van der Waals surface area contributed by atoms with Crippen LogP contribution in [0, 0.1) is 0 Å². The molecule has 0 aromatic rings. The van der Waals surface area contributed by atoms with E-state index in [-0.39, 0.29) is 18.1 Å². The molecule has 0 radical (unpaired) electrons. The predicted octanol–water partition coefficient (Wildman–Crippen LogP) is 0.0156. The Hall–Kier alpha value is -0.610. The molecule has 1 rings (SSSR count). The number of carbonyl (C=O) groups excluding carboxylic acids is 1. The van der Waals surface area contributed by atoms with Gasteiger partial charge in [0.05, 0.1) is 6.10 Å². The highest BCUT2D eigenvalue weighted by atomic mass is 16.3. The standard InChI is InChI=1S/C10H20N2O2/c1-2-11-10(14)6-7-12-8-4-3-5-9(8)13/h8-9,12-13H,2-7H2,1H3,(H,11,14)/t8-,9-/m1/s1. The van der Waals surface area contributed by atoms with Crippen LogP contribution in [-0.4, -0.2) is 36.2 Å². The van der Waals surface area contributed by atoms with Crippen molar-refractivity contribution < 1.29 is 9.90 Å². The van der Waals surface area contributed by atoms with Gasteiger partial charge in [-0.3, -0.25) is 4.79 Å². The summed E-state index contributed by atoms with van der Waals surface area (Å²) >= 11 is 0. The summed E-state index contributed by atoms with van der Waals surface area (Å²) in [4.78, 5) is 11.1. The zero-order chi connectivity index (χ0) is 10.4. The van der Waals surface area contributed by atoms with E-state index in [2.05, 4.69) is 10.6 Å². The number of amides is 1. The Bertz CT molecular complexity index is 185. The first-order valence-corrected chi connectivity index (χ1v) is 5.42. The third-order valence-corrected chi connectivity index (χ3v) is 2.61. The fourth-order valence-corrected chi connectivity index (χ4v) is 1.84. The van der Waals surface area contributed by atoms with Crippen molar-refractivity contribution in [3.8, 4) is 0 Å². The van der Waals surface area contributed by atoms with Gasteiger partial charge in [-0.05, 0) is 26.2 Å². The van der Waals surface area contributed by atoms with Gasteiger partial charge in [0.15, 0.2) is 0 Å². The maximum absolute atomic E-state index is 11.1. The van der Waals surface area contributed by atoms with Gasteiger partial charge in [0, 0.05) is 25.6 Å². The number of rotatable bonds is 5. The maximum Gasteiger partial charge on any atom is 0.221 e. The Morgan fingerprint density at radius 3 is 2.86 bits per heavy atom. The molecule has 1 saturated carbocycles. The zero-order valence-electron chi connectivity index (χ0n) is 8.75. The Balaban J connectivity index is 2.06. The van der Waals surface area contributed by atoms with Crippen LogP contribution in [0.25, 0.3) is 0 Å². The molecule has 0 heterocycles. The van der Waals surface area contributed by atoms with Crippen molar-refractivity contribution in [3.63, 3.8) is 0 Å². The first-order valence-electron chi connectivity index (χ1n) is 5.42. The third kappa shape index (κ3) is 3.64. The summed E-state index contributed by atoms with van der Waals surface area (Å²) in [7, 11) is 0. The molecule has 1 aliphatic rings. The lowest BCUT2D eigenvalue weighted by atomic mass is 10.2. The number of aliphatic hydroxyl groups excluding tert-OH is 1. The van der Waals surface area contributed by atoms with E-state index < -0.39 is 0 Å². The molecule has 4 heteroatoms. The van der Waals surface area contributed by atoms with Crippen molar-refractivity contribution in [2.75, 3.05) is 13.1 Å². The quantitative estimate of drug-likeness (QED) is 0.586. The van der Waals surface area contributed by atoms with Crippen LogP contribution in [-0.2, 0) is 4.79 Å². The SMILES string of the molecule is CCNC(=O)CCN[C@@H]1CCC[C@H]1O. The topological polar surface area (TPSA) is 61.4 Å². The normalized spacial score (nSPS) is 26.4. The Morgan fingerprint density at radius 2 is 2.29 bits per heavy atom. The zero-order valence-corrected chi connectivity index (χ0v) is 8.75. The van der Waals surface area contributed by atoms with Gasteiger partial charge in [0.25, 0.3) is 0 Å². The summed E-state index contributed by atoms with van der Waals surface area (Å²) in [5, 5.41) is 15.4. The minimum Gasteiger partial charge on any atom is -0.392 e. The van der Waals surface area contributed by atoms with Crippen molar-refractivity contribution in [2.24, 2.45) is 0 Å². The summed E-state index contributed by atoms with van der Waals surface area (Å²) in [6.07, 6.45) is 3.27. The van der Waals surface area contributed by atoms with Crippen LogP contribution >= 0.6 is 0 Å². The van der Waals surface area contributed by atoms with Gasteiger partial charge in [0.1, 0.15) is 0 Å². The summed E-state index contributed by atoms with van der Waals surface area (Å²) in [6, 6.07) is 0.199. The third-order valence-electron chi connectivity index (χ3n) is 2.61. The highest BCUT2D eigenvalue weighted by molar-refractivity contribution is 5.75. The molecule has 0 aromatic heterocycles. The lowest BCUT2D eigenvalue weighted by Gasteiger charge is -2.15. The van der Waals surface area contributed by atoms with Gasteiger partial charge in [-0.1, -0.05) is 0 Å². The molecular weight excluding hydrogens is 180 g/mol. The van der Waals surface area contributed by atoms with Crippen LogP contribution in [0.3, 0.4) is 0 Å². The van der Waals surface area contributed by atoms with Crippen LogP contribution < -0.4 is 10.6 Å². The lowest BCUT2D eigenvalue weighted by Crippen LogP contribution is -2.38. The van der Waals surface area contributed by atoms with E-state index >= 15 is 0 Å². The van der Waals surface area contributed by atoms with E-state index in [4.69, 9.17) is 0 Å². The van der Waals surface area contributed by atoms with Gasteiger partial charge in [-0.25, -0.2) is 0 Å². The van der Waals surface area contributed by atoms with Gasteiger partial charge in [0.2, 0.25) is 5.91 Å². The van der Waals surface area contributed by atoms with Crippen LogP contribution in [0.5, 0.6) is 0 Å². The minimum absolute atomic E-state index is 0.0764. The smallest absolute Gasteiger partial charge is 0.221 e. The first-order chi connectivity index (χ1) is 6.74. The highest BCUT2D eigenvalue weighted by Crippen LogP contribution is 2.18. The van der Waals surface area contributed by atoms with Crippen molar-refractivity contribution in [1.82, 2.24) is 10.6 Å². The van der Waals surface area contributed by atoms with Crippen LogP contribution in [0.4, 0.5) is 0 Å². The molecule has 3 N–H and O–H groups in total. The van der Waals surface area contributed by atoms with E-state index in [0.717, 1.165) is 19.3 Å². The van der Waals surface area contributed by atoms with Gasteiger partial charge < -0.3 is 15.7 Å². The number of hydrogen-bond donors (Lipinski definition) is 3. The molecule has 4 nitrogen and oxygen atoms in total. The fourth-order valence-electron chi connectivity index (χ4n) is 1.84. The summed E-state index contributed by atoms with van der Waals surface area (Å²) in [5.74, 6) is 0.0764. The number of carbonyl (C=O) groups is 1. The molecule has 0 spiro atoms. The molecule has 1 fully saturated rings. The molecule has 0 aliphatic heterocycles. The molecule has 1 amide bonds. The monoisotopic (exact) mass is 200 g/mol. The maximum atomic E-state index is 11.1. The van der Waals surface area contributed by atoms with E-state index in [9.17, 15) is 9.90 Å². The first kappa shape index (κ1) is 11.5. The molecular formula is C10H20N2O2. The number of nitrogens with one attached hydrogen (secondary N) is 2. The molecule has 2 atom stereocenters. The molecule has 14 heavy (non-hydrogen) atoms. The Kier molecular flexibility index (Phi) is 4.90. The summed E-state index contributed by atoms with van der Waals surface area (Å²) < 4.78 is 0. The largest absolute Gasteiger partial charge is 0.392 e. The Morgan fingerprint density at radius 1 is 1.50 bits per heavy atom. The molecule has 0 bridgehead atoms. The van der Waals surface area contributed by atoms with Crippen molar-refractivity contribution in [2.45, 2.75) is 44.8 Å². The van der Waals surface area contributed by atoms with Crippen molar-refractivity contribution in [3.05, 3.63) is 0 Å². The van der Waals surface area contributed by atoms with E-state index in [1.165, 1.54) is 0 Å². The summed E-state index contributed by atoms with van der Waals surface area (Å²) in [6.45, 7) is 3.25. The Labute approximate surface area is 85.1 Å². The van der Waals surface area contributed by atoms with Crippen molar-refractivity contribution >= 4 is 5.91 Å². The average molecular weight is 200 g/mol. The van der Waals surface area contributed by atoms with E-state index in [0.29, 0.717) is 19.5 Å². The molecule has 0 unspecified atom stereocenters. The lowest BCUT2D eigenvalue weighted by molar-refractivity contribution is -0.120.